The molecule has 2 aromatic rings. The lowest BCUT2D eigenvalue weighted by Gasteiger charge is -2.17. The van der Waals surface area contributed by atoms with Crippen molar-refractivity contribution in [3.63, 3.8) is 0 Å². The number of hydrogen-bond donors (Lipinski definition) is 1. The zero-order valence-corrected chi connectivity index (χ0v) is 10.5. The van der Waals surface area contributed by atoms with E-state index in [2.05, 4.69) is 0 Å². The summed E-state index contributed by atoms with van der Waals surface area (Å²) in [5.74, 6) is 1.43. The molecule has 0 fully saturated rings. The Morgan fingerprint density at radius 1 is 0.842 bits per heavy atom. The standard InChI is InChI=1S/C16H16O3/c17-13-7-12-16(18-14-8-3-1-4-9-14)19-15-10-5-2-6-11-15/h1-12,16-17H,13H2/b12-7+. The van der Waals surface area contributed by atoms with Crippen LogP contribution in [-0.2, 0) is 0 Å². The van der Waals surface area contributed by atoms with Gasteiger partial charge in [-0.25, -0.2) is 0 Å². The number of aliphatic hydroxyl groups is 1. The molecule has 0 amide bonds. The number of aliphatic hydroxyl groups excluding tert-OH is 1. The third kappa shape index (κ3) is 4.48. The average molecular weight is 256 g/mol. The first-order valence-corrected chi connectivity index (χ1v) is 6.09. The van der Waals surface area contributed by atoms with Crippen LogP contribution in [0.15, 0.2) is 72.8 Å². The first-order chi connectivity index (χ1) is 9.38. The molecule has 0 heterocycles. The molecule has 19 heavy (non-hydrogen) atoms. The van der Waals surface area contributed by atoms with Crippen LogP contribution in [0, 0.1) is 0 Å². The monoisotopic (exact) mass is 256 g/mol. The van der Waals surface area contributed by atoms with E-state index >= 15 is 0 Å². The van der Waals surface area contributed by atoms with Crippen molar-refractivity contribution in [3.05, 3.63) is 72.8 Å². The molecule has 1 N–H and O–H groups in total. The van der Waals surface area contributed by atoms with Crippen LogP contribution in [0.5, 0.6) is 11.5 Å². The summed E-state index contributed by atoms with van der Waals surface area (Å²) in [7, 11) is 0. The van der Waals surface area contributed by atoms with Crippen LogP contribution in [0.1, 0.15) is 0 Å². The largest absolute Gasteiger partial charge is 0.451 e. The number of rotatable bonds is 6. The molecule has 2 rings (SSSR count). The van der Waals surface area contributed by atoms with Gasteiger partial charge in [0.15, 0.2) is 0 Å². The van der Waals surface area contributed by atoms with E-state index < -0.39 is 6.29 Å². The van der Waals surface area contributed by atoms with E-state index in [-0.39, 0.29) is 6.61 Å². The molecule has 0 aliphatic carbocycles. The highest BCUT2D eigenvalue weighted by Gasteiger charge is 2.07. The van der Waals surface area contributed by atoms with Gasteiger partial charge in [-0.1, -0.05) is 42.5 Å². The normalized spacial score (nSPS) is 10.8. The van der Waals surface area contributed by atoms with Crippen LogP contribution in [-0.4, -0.2) is 18.0 Å². The maximum Gasteiger partial charge on any atom is 0.260 e. The van der Waals surface area contributed by atoms with Gasteiger partial charge < -0.3 is 14.6 Å². The second-order valence-electron chi connectivity index (χ2n) is 3.84. The second-order valence-corrected chi connectivity index (χ2v) is 3.84. The number of para-hydroxylation sites is 2. The van der Waals surface area contributed by atoms with Crippen molar-refractivity contribution in [1.82, 2.24) is 0 Å². The summed E-state index contributed by atoms with van der Waals surface area (Å²) < 4.78 is 11.4. The molecule has 0 saturated heterocycles. The summed E-state index contributed by atoms with van der Waals surface area (Å²) in [5.41, 5.74) is 0. The van der Waals surface area contributed by atoms with Crippen LogP contribution in [0.3, 0.4) is 0 Å². The van der Waals surface area contributed by atoms with Crippen LogP contribution in [0.25, 0.3) is 0 Å². The van der Waals surface area contributed by atoms with E-state index in [1.807, 2.05) is 60.7 Å². The van der Waals surface area contributed by atoms with Crippen molar-refractivity contribution in [3.8, 4) is 11.5 Å². The fourth-order valence-corrected chi connectivity index (χ4v) is 1.54. The van der Waals surface area contributed by atoms with Gasteiger partial charge in [0.2, 0.25) is 0 Å². The highest BCUT2D eigenvalue weighted by molar-refractivity contribution is 5.24. The van der Waals surface area contributed by atoms with Crippen molar-refractivity contribution in [2.75, 3.05) is 6.61 Å². The van der Waals surface area contributed by atoms with Gasteiger partial charge >= 0.3 is 0 Å². The highest BCUT2D eigenvalue weighted by Crippen LogP contribution is 2.16. The van der Waals surface area contributed by atoms with Crippen LogP contribution in [0.4, 0.5) is 0 Å². The van der Waals surface area contributed by atoms with E-state index in [1.54, 1.807) is 12.2 Å². The topological polar surface area (TPSA) is 38.7 Å². The van der Waals surface area contributed by atoms with Gasteiger partial charge in [-0.2, -0.15) is 0 Å². The molecule has 0 bridgehead atoms. The van der Waals surface area contributed by atoms with Crippen molar-refractivity contribution in [2.45, 2.75) is 6.29 Å². The van der Waals surface area contributed by atoms with Crippen molar-refractivity contribution in [1.29, 1.82) is 0 Å². The van der Waals surface area contributed by atoms with Gasteiger partial charge in [0.05, 0.1) is 6.61 Å². The zero-order valence-electron chi connectivity index (χ0n) is 10.5. The third-order valence-corrected chi connectivity index (χ3v) is 2.39. The average Bonchev–Trinajstić information content (AvgIpc) is 2.47. The van der Waals surface area contributed by atoms with Gasteiger partial charge in [-0.3, -0.25) is 0 Å². The maximum atomic E-state index is 8.85. The van der Waals surface area contributed by atoms with Gasteiger partial charge in [0, 0.05) is 0 Å². The van der Waals surface area contributed by atoms with E-state index in [1.165, 1.54) is 0 Å². The molecule has 0 aliphatic rings. The summed E-state index contributed by atoms with van der Waals surface area (Å²) in [5, 5.41) is 8.85. The van der Waals surface area contributed by atoms with Crippen LogP contribution in [0.2, 0.25) is 0 Å². The minimum atomic E-state index is -0.572. The molecule has 3 nitrogen and oxygen atoms in total. The molecule has 0 radical (unpaired) electrons. The van der Waals surface area contributed by atoms with Gasteiger partial charge in [0.25, 0.3) is 6.29 Å². The SMILES string of the molecule is OC/C=C/C(Oc1ccccc1)Oc1ccccc1. The van der Waals surface area contributed by atoms with Gasteiger partial charge in [-0.05, 0) is 30.3 Å². The summed E-state index contributed by atoms with van der Waals surface area (Å²) in [6.45, 7) is -0.0488. The molecule has 0 atom stereocenters. The molecule has 0 unspecified atom stereocenters. The minimum absolute atomic E-state index is 0.0488. The predicted molar refractivity (Wildman–Crippen MR) is 74.2 cm³/mol. The summed E-state index contributed by atoms with van der Waals surface area (Å²) in [4.78, 5) is 0. The fraction of sp³-hybridized carbons (Fsp3) is 0.125. The molecule has 0 aromatic heterocycles. The molecule has 98 valence electrons. The van der Waals surface area contributed by atoms with Crippen LogP contribution < -0.4 is 9.47 Å². The third-order valence-electron chi connectivity index (χ3n) is 2.39. The highest BCUT2D eigenvalue weighted by atomic mass is 16.7. The Hall–Kier alpha value is -2.26. The lowest BCUT2D eigenvalue weighted by atomic mass is 10.3. The first kappa shape index (κ1) is 13.2. The Morgan fingerprint density at radius 2 is 1.32 bits per heavy atom. The second kappa shape index (κ2) is 7.24. The van der Waals surface area contributed by atoms with Crippen LogP contribution >= 0.6 is 0 Å². The van der Waals surface area contributed by atoms with E-state index in [0.29, 0.717) is 11.5 Å². The van der Waals surface area contributed by atoms with Gasteiger partial charge in [-0.15, -0.1) is 0 Å². The quantitative estimate of drug-likeness (QED) is 0.638. The zero-order chi connectivity index (χ0) is 13.3. The Balaban J connectivity index is 2.06. The number of hydrogen-bond acceptors (Lipinski definition) is 3. The van der Waals surface area contributed by atoms with Crippen molar-refractivity contribution >= 4 is 0 Å². The molecule has 3 heteroatoms. The van der Waals surface area contributed by atoms with E-state index in [9.17, 15) is 0 Å². The first-order valence-electron chi connectivity index (χ1n) is 6.09. The van der Waals surface area contributed by atoms with E-state index in [0.717, 1.165) is 0 Å². The molecule has 2 aromatic carbocycles. The fourth-order valence-electron chi connectivity index (χ4n) is 1.54. The van der Waals surface area contributed by atoms with Crippen molar-refractivity contribution < 1.29 is 14.6 Å². The number of benzene rings is 2. The van der Waals surface area contributed by atoms with E-state index in [4.69, 9.17) is 14.6 Å². The Morgan fingerprint density at radius 3 is 1.74 bits per heavy atom. The molecule has 0 saturated carbocycles. The summed E-state index contributed by atoms with van der Waals surface area (Å²) in [6.07, 6.45) is 2.70. The summed E-state index contributed by atoms with van der Waals surface area (Å²) in [6, 6.07) is 18.8. The Labute approximate surface area is 112 Å². The predicted octanol–water partition coefficient (Wildman–Crippen LogP) is 3.02. The maximum absolute atomic E-state index is 8.85. The lowest BCUT2D eigenvalue weighted by Crippen LogP contribution is -2.21. The smallest absolute Gasteiger partial charge is 0.260 e. The summed E-state index contributed by atoms with van der Waals surface area (Å²) >= 11 is 0. The van der Waals surface area contributed by atoms with Gasteiger partial charge in [0.1, 0.15) is 11.5 Å². The van der Waals surface area contributed by atoms with Crippen molar-refractivity contribution in [2.24, 2.45) is 0 Å². The minimum Gasteiger partial charge on any atom is -0.451 e. The number of ether oxygens (including phenoxy) is 2. The molecule has 0 spiro atoms. The lowest BCUT2D eigenvalue weighted by molar-refractivity contribution is 0.0467. The molecular formula is C16H16O3. The molecular weight excluding hydrogens is 240 g/mol. The Kier molecular flexibility index (Phi) is 5.02. The Bertz CT molecular complexity index is 452. The molecule has 0 aliphatic heterocycles.